The first kappa shape index (κ1) is 22.3. The SMILES string of the molecule is Cc1cccc(C2c3cccn3-c3ccccc3N2C(=O)CN(C(=O)c2ccc(F)cc2)C2CC2)c1. The largest absolute Gasteiger partial charge is 0.326 e. The number of fused-ring (bicyclic) bond motifs is 3. The Hall–Kier alpha value is -4.19. The summed E-state index contributed by atoms with van der Waals surface area (Å²) in [6, 6.07) is 25.3. The molecule has 180 valence electrons. The van der Waals surface area contributed by atoms with Gasteiger partial charge in [0.2, 0.25) is 5.91 Å². The first-order valence-corrected chi connectivity index (χ1v) is 12.2. The molecule has 1 aromatic heterocycles. The minimum Gasteiger partial charge on any atom is -0.326 e. The minimum absolute atomic E-state index is 0.0211. The molecular formula is C30H26FN3O2. The predicted octanol–water partition coefficient (Wildman–Crippen LogP) is 5.67. The standard InChI is InChI=1S/C30H26FN3O2/c1-20-6-4-7-22(18-20)29-27-10-5-17-32(27)25-8-2-3-9-26(25)34(29)28(35)19-33(24-15-16-24)30(36)21-11-13-23(31)14-12-21/h2-14,17-18,24,29H,15-16,19H2,1H3. The highest BCUT2D eigenvalue weighted by atomic mass is 19.1. The van der Waals surface area contributed by atoms with Crippen LogP contribution in [0.25, 0.3) is 5.69 Å². The monoisotopic (exact) mass is 479 g/mol. The van der Waals surface area contributed by atoms with Crippen molar-refractivity contribution in [1.29, 1.82) is 0 Å². The number of halogens is 1. The van der Waals surface area contributed by atoms with Gasteiger partial charge in [-0.2, -0.15) is 0 Å². The van der Waals surface area contributed by atoms with Gasteiger partial charge in [-0.3, -0.25) is 14.5 Å². The number of aromatic nitrogens is 1. The summed E-state index contributed by atoms with van der Waals surface area (Å²) in [5.74, 6) is -0.787. The van der Waals surface area contributed by atoms with Crippen LogP contribution >= 0.6 is 0 Å². The van der Waals surface area contributed by atoms with Crippen molar-refractivity contribution in [3.8, 4) is 5.69 Å². The molecule has 0 saturated heterocycles. The molecule has 1 unspecified atom stereocenters. The molecule has 6 heteroatoms. The van der Waals surface area contributed by atoms with Crippen molar-refractivity contribution in [2.24, 2.45) is 0 Å². The van der Waals surface area contributed by atoms with Gasteiger partial charge in [-0.15, -0.1) is 0 Å². The van der Waals surface area contributed by atoms with Gasteiger partial charge in [0, 0.05) is 17.8 Å². The van der Waals surface area contributed by atoms with Crippen molar-refractivity contribution in [3.05, 3.63) is 119 Å². The first-order valence-electron chi connectivity index (χ1n) is 12.2. The zero-order chi connectivity index (χ0) is 24.8. The summed E-state index contributed by atoms with van der Waals surface area (Å²) < 4.78 is 15.6. The number of carbonyl (C=O) groups is 2. The van der Waals surface area contributed by atoms with Gasteiger partial charge in [0.25, 0.3) is 5.91 Å². The molecule has 0 radical (unpaired) electrons. The smallest absolute Gasteiger partial charge is 0.254 e. The third kappa shape index (κ3) is 3.88. The van der Waals surface area contributed by atoms with Crippen LogP contribution in [0.2, 0.25) is 0 Å². The third-order valence-electron chi connectivity index (χ3n) is 6.99. The molecule has 1 aliphatic heterocycles. The number of nitrogens with zero attached hydrogens (tertiary/aromatic N) is 3. The molecule has 1 fully saturated rings. The van der Waals surface area contributed by atoms with E-state index in [1.54, 1.807) is 4.90 Å². The number of para-hydroxylation sites is 2. The topological polar surface area (TPSA) is 45.6 Å². The Kier molecular flexibility index (Phi) is 5.44. The lowest BCUT2D eigenvalue weighted by molar-refractivity contribution is -0.119. The number of benzene rings is 3. The summed E-state index contributed by atoms with van der Waals surface area (Å²) in [5.41, 5.74) is 5.25. The zero-order valence-corrected chi connectivity index (χ0v) is 20.0. The van der Waals surface area contributed by atoms with E-state index in [4.69, 9.17) is 0 Å². The first-order chi connectivity index (χ1) is 17.5. The number of rotatable bonds is 5. The fraction of sp³-hybridized carbons (Fsp3) is 0.200. The number of anilines is 1. The molecule has 6 rings (SSSR count). The lowest BCUT2D eigenvalue weighted by Gasteiger charge is -2.39. The molecule has 0 spiro atoms. The molecule has 2 amide bonds. The summed E-state index contributed by atoms with van der Waals surface area (Å²) in [5, 5.41) is 0. The molecule has 3 aromatic carbocycles. The van der Waals surface area contributed by atoms with Gasteiger partial charge in [-0.1, -0.05) is 42.0 Å². The molecule has 1 aliphatic carbocycles. The fourth-order valence-electron chi connectivity index (χ4n) is 5.15. The van der Waals surface area contributed by atoms with Crippen molar-refractivity contribution in [2.45, 2.75) is 31.8 Å². The molecular weight excluding hydrogens is 453 g/mol. The van der Waals surface area contributed by atoms with Gasteiger partial charge in [-0.25, -0.2) is 4.39 Å². The number of hydrogen-bond acceptors (Lipinski definition) is 2. The third-order valence-corrected chi connectivity index (χ3v) is 6.99. The highest BCUT2D eigenvalue weighted by molar-refractivity contribution is 6.03. The Morgan fingerprint density at radius 3 is 2.39 bits per heavy atom. The quantitative estimate of drug-likeness (QED) is 0.371. The lowest BCUT2D eigenvalue weighted by atomic mass is 9.96. The van der Waals surface area contributed by atoms with Crippen molar-refractivity contribution in [1.82, 2.24) is 9.47 Å². The van der Waals surface area contributed by atoms with E-state index in [0.29, 0.717) is 5.56 Å². The van der Waals surface area contributed by atoms with Crippen molar-refractivity contribution < 1.29 is 14.0 Å². The summed E-state index contributed by atoms with van der Waals surface area (Å²) in [6.07, 6.45) is 3.75. The maximum atomic E-state index is 14.2. The molecule has 2 aliphatic rings. The van der Waals surface area contributed by atoms with E-state index in [1.165, 1.54) is 24.3 Å². The molecule has 0 bridgehead atoms. The maximum absolute atomic E-state index is 14.2. The summed E-state index contributed by atoms with van der Waals surface area (Å²) >= 11 is 0. The van der Waals surface area contributed by atoms with Crippen LogP contribution in [0.4, 0.5) is 10.1 Å². The Morgan fingerprint density at radius 2 is 1.67 bits per heavy atom. The van der Waals surface area contributed by atoms with Crippen LogP contribution in [0.3, 0.4) is 0 Å². The number of amides is 2. The van der Waals surface area contributed by atoms with E-state index in [0.717, 1.165) is 41.0 Å². The highest BCUT2D eigenvalue weighted by Gasteiger charge is 2.40. The molecule has 0 N–H and O–H groups in total. The highest BCUT2D eigenvalue weighted by Crippen LogP contribution is 2.42. The van der Waals surface area contributed by atoms with E-state index in [9.17, 15) is 14.0 Å². The van der Waals surface area contributed by atoms with Crippen molar-refractivity contribution >= 4 is 17.5 Å². The summed E-state index contributed by atoms with van der Waals surface area (Å²) in [4.78, 5) is 31.0. The van der Waals surface area contributed by atoms with E-state index in [1.807, 2.05) is 72.6 Å². The van der Waals surface area contributed by atoms with Crippen LogP contribution in [0.1, 0.15) is 46.1 Å². The lowest BCUT2D eigenvalue weighted by Crippen LogP contribution is -2.47. The zero-order valence-electron chi connectivity index (χ0n) is 20.0. The normalized spacial score (nSPS) is 16.3. The number of hydrogen-bond donors (Lipinski definition) is 0. The van der Waals surface area contributed by atoms with Crippen LogP contribution in [-0.2, 0) is 4.79 Å². The van der Waals surface area contributed by atoms with Gasteiger partial charge in [0.1, 0.15) is 18.4 Å². The molecule has 36 heavy (non-hydrogen) atoms. The van der Waals surface area contributed by atoms with Gasteiger partial charge >= 0.3 is 0 Å². The van der Waals surface area contributed by atoms with E-state index in [-0.39, 0.29) is 30.4 Å². The van der Waals surface area contributed by atoms with Gasteiger partial charge in [-0.05, 0) is 73.9 Å². The molecule has 1 atom stereocenters. The predicted molar refractivity (Wildman–Crippen MR) is 137 cm³/mol. The van der Waals surface area contributed by atoms with Gasteiger partial charge < -0.3 is 9.47 Å². The van der Waals surface area contributed by atoms with Crippen LogP contribution in [0, 0.1) is 12.7 Å². The van der Waals surface area contributed by atoms with E-state index in [2.05, 4.69) is 10.6 Å². The Morgan fingerprint density at radius 1 is 0.917 bits per heavy atom. The van der Waals surface area contributed by atoms with Crippen molar-refractivity contribution in [2.75, 3.05) is 11.4 Å². The summed E-state index contributed by atoms with van der Waals surface area (Å²) in [6.45, 7) is 2.00. The maximum Gasteiger partial charge on any atom is 0.254 e. The molecule has 5 nitrogen and oxygen atoms in total. The molecule has 1 saturated carbocycles. The Bertz CT molecular complexity index is 1460. The van der Waals surface area contributed by atoms with Crippen LogP contribution in [-0.4, -0.2) is 33.9 Å². The second-order valence-electron chi connectivity index (χ2n) is 9.54. The number of carbonyl (C=O) groups excluding carboxylic acids is 2. The van der Waals surface area contributed by atoms with Gasteiger partial charge in [0.15, 0.2) is 0 Å². The second kappa shape index (κ2) is 8.79. The number of aryl methyl sites for hydroxylation is 1. The summed E-state index contributed by atoms with van der Waals surface area (Å²) in [7, 11) is 0. The molecule has 4 aromatic rings. The van der Waals surface area contributed by atoms with Crippen molar-refractivity contribution in [3.63, 3.8) is 0 Å². The van der Waals surface area contributed by atoms with E-state index >= 15 is 0 Å². The van der Waals surface area contributed by atoms with Crippen LogP contribution in [0.15, 0.2) is 91.1 Å². The average Bonchev–Trinajstić information content (AvgIpc) is 3.61. The fourth-order valence-corrected chi connectivity index (χ4v) is 5.15. The Labute approximate surface area is 209 Å². The van der Waals surface area contributed by atoms with Crippen LogP contribution in [0.5, 0.6) is 0 Å². The second-order valence-corrected chi connectivity index (χ2v) is 9.54. The minimum atomic E-state index is -0.394. The van der Waals surface area contributed by atoms with Crippen LogP contribution < -0.4 is 4.90 Å². The van der Waals surface area contributed by atoms with Gasteiger partial charge in [0.05, 0.1) is 17.1 Å². The average molecular weight is 480 g/mol. The van der Waals surface area contributed by atoms with E-state index < -0.39 is 5.82 Å². The Balaban J connectivity index is 1.41. The molecule has 2 heterocycles.